The molecule has 3 saturated carbocycles. The fourth-order valence-electron chi connectivity index (χ4n) is 8.19. The number of hydrogen-bond acceptors (Lipinski definition) is 5. The van der Waals surface area contributed by atoms with Crippen molar-refractivity contribution in [3.8, 4) is 0 Å². The van der Waals surface area contributed by atoms with E-state index in [9.17, 15) is 14.7 Å². The topological polar surface area (TPSA) is 72.8 Å². The van der Waals surface area contributed by atoms with Gasteiger partial charge in [0.05, 0.1) is 18.1 Å². The molecule has 5 aliphatic rings. The molecule has 1 aliphatic heterocycles. The second kappa shape index (κ2) is 6.40. The fourth-order valence-corrected chi connectivity index (χ4v) is 8.38. The van der Waals surface area contributed by atoms with E-state index in [1.165, 1.54) is 0 Å². The van der Waals surface area contributed by atoms with Gasteiger partial charge in [0.25, 0.3) is 0 Å². The molecular formula is C24H32ClFO5. The molecule has 8 atom stereocenters. The third kappa shape index (κ3) is 2.43. The van der Waals surface area contributed by atoms with Crippen LogP contribution in [-0.4, -0.2) is 51.8 Å². The van der Waals surface area contributed by atoms with Gasteiger partial charge in [-0.05, 0) is 45.4 Å². The normalized spacial score (nSPS) is 52.6. The highest BCUT2D eigenvalue weighted by Crippen LogP contribution is 2.72. The van der Waals surface area contributed by atoms with Crippen molar-refractivity contribution in [1.82, 2.24) is 0 Å². The molecule has 31 heavy (non-hydrogen) atoms. The van der Waals surface area contributed by atoms with Crippen molar-refractivity contribution in [1.29, 1.82) is 0 Å². The highest BCUT2D eigenvalue weighted by atomic mass is 35.5. The lowest BCUT2D eigenvalue weighted by atomic mass is 9.44. The van der Waals surface area contributed by atoms with E-state index in [1.807, 2.05) is 19.9 Å². The number of Topliss-reactive ketones (excluding diaryl/α,β-unsaturated/α-hetero) is 2. The predicted octanol–water partition coefficient (Wildman–Crippen LogP) is 3.89. The van der Waals surface area contributed by atoms with Crippen LogP contribution < -0.4 is 0 Å². The van der Waals surface area contributed by atoms with Gasteiger partial charge in [-0.15, -0.1) is 11.6 Å². The van der Waals surface area contributed by atoms with Crippen LogP contribution in [0.4, 0.5) is 4.39 Å². The van der Waals surface area contributed by atoms with Crippen LogP contribution >= 0.6 is 11.6 Å². The van der Waals surface area contributed by atoms with Crippen molar-refractivity contribution in [3.05, 3.63) is 11.6 Å². The summed E-state index contributed by atoms with van der Waals surface area (Å²) in [5.41, 5.74) is -4.01. The lowest BCUT2D eigenvalue weighted by Crippen LogP contribution is -2.70. The zero-order valence-corrected chi connectivity index (χ0v) is 19.4. The van der Waals surface area contributed by atoms with E-state index in [4.69, 9.17) is 21.1 Å². The summed E-state index contributed by atoms with van der Waals surface area (Å²) < 4.78 is 29.7. The summed E-state index contributed by atoms with van der Waals surface area (Å²) in [5.74, 6) is -1.98. The summed E-state index contributed by atoms with van der Waals surface area (Å²) in [4.78, 5) is 25.4. The Hall–Kier alpha value is -0.820. The standard InChI is InChI=1S/C24H32ClFO5/c1-20(2)30-19-10-16-15-6-5-13-9-14(27)7-8-21(13,3)23(15,26)17(28)11-22(16,4)24(19,31-20)18(29)12-25/h5,15-17,19,28H,6-12H2,1-4H3. The van der Waals surface area contributed by atoms with Crippen molar-refractivity contribution < 1.29 is 28.6 Å². The molecule has 1 saturated heterocycles. The fraction of sp³-hybridized carbons (Fsp3) is 0.833. The second-order valence-corrected chi connectivity index (χ2v) is 11.5. The van der Waals surface area contributed by atoms with Gasteiger partial charge in [0.2, 0.25) is 0 Å². The summed E-state index contributed by atoms with van der Waals surface area (Å²) in [6.07, 6.45) is 2.25. The molecular weight excluding hydrogens is 423 g/mol. The molecule has 1 N–H and O–H groups in total. The Bertz CT molecular complexity index is 887. The quantitative estimate of drug-likeness (QED) is 0.506. The van der Waals surface area contributed by atoms with Gasteiger partial charge >= 0.3 is 0 Å². The Morgan fingerprint density at radius 2 is 2.00 bits per heavy atom. The number of aliphatic hydroxyl groups is 1. The summed E-state index contributed by atoms with van der Waals surface area (Å²) in [6, 6.07) is 0. The molecule has 8 unspecified atom stereocenters. The van der Waals surface area contributed by atoms with Crippen LogP contribution in [0.1, 0.15) is 66.2 Å². The van der Waals surface area contributed by atoms with Crippen LogP contribution in [0.2, 0.25) is 0 Å². The molecule has 0 spiro atoms. The molecule has 5 nitrogen and oxygen atoms in total. The van der Waals surface area contributed by atoms with E-state index in [-0.39, 0.29) is 36.2 Å². The Morgan fingerprint density at radius 1 is 1.29 bits per heavy atom. The molecule has 172 valence electrons. The van der Waals surface area contributed by atoms with Gasteiger partial charge in [0.1, 0.15) is 11.5 Å². The van der Waals surface area contributed by atoms with Gasteiger partial charge < -0.3 is 14.6 Å². The van der Waals surface area contributed by atoms with Crippen molar-refractivity contribution in [2.75, 3.05) is 5.88 Å². The van der Waals surface area contributed by atoms with Gasteiger partial charge in [-0.3, -0.25) is 9.59 Å². The molecule has 0 radical (unpaired) electrons. The van der Waals surface area contributed by atoms with E-state index in [2.05, 4.69) is 0 Å². The number of ether oxygens (including phenoxy) is 2. The van der Waals surface area contributed by atoms with Crippen LogP contribution in [-0.2, 0) is 19.1 Å². The van der Waals surface area contributed by atoms with Crippen molar-refractivity contribution in [2.24, 2.45) is 22.7 Å². The number of carbonyl (C=O) groups excluding carboxylic acids is 2. The van der Waals surface area contributed by atoms with Crippen LogP contribution in [0.5, 0.6) is 0 Å². The van der Waals surface area contributed by atoms with Gasteiger partial charge in [0.15, 0.2) is 17.2 Å². The molecule has 0 aromatic heterocycles. The average Bonchev–Trinajstić information content (AvgIpc) is 3.09. The van der Waals surface area contributed by atoms with E-state index in [0.717, 1.165) is 5.57 Å². The molecule has 0 amide bonds. The summed E-state index contributed by atoms with van der Waals surface area (Å²) in [7, 11) is 0. The molecule has 0 aromatic rings. The van der Waals surface area contributed by atoms with E-state index in [1.54, 1.807) is 13.8 Å². The van der Waals surface area contributed by atoms with Crippen LogP contribution in [0.25, 0.3) is 0 Å². The first-order valence-electron chi connectivity index (χ1n) is 11.4. The van der Waals surface area contributed by atoms with Gasteiger partial charge in [-0.2, -0.15) is 0 Å². The van der Waals surface area contributed by atoms with Crippen LogP contribution in [0, 0.1) is 22.7 Å². The number of ketones is 2. The van der Waals surface area contributed by atoms with Crippen LogP contribution in [0.3, 0.4) is 0 Å². The Morgan fingerprint density at radius 3 is 2.68 bits per heavy atom. The number of fused-ring (bicyclic) bond motifs is 7. The number of halogens is 2. The first-order chi connectivity index (χ1) is 14.4. The summed E-state index contributed by atoms with van der Waals surface area (Å²) in [6.45, 7) is 7.37. The van der Waals surface area contributed by atoms with Crippen molar-refractivity contribution >= 4 is 23.2 Å². The number of aliphatic hydroxyl groups excluding tert-OH is 1. The highest BCUT2D eigenvalue weighted by Gasteiger charge is 2.79. The number of alkyl halides is 2. The molecule has 7 heteroatoms. The highest BCUT2D eigenvalue weighted by molar-refractivity contribution is 6.29. The maximum atomic E-state index is 17.2. The number of hydrogen-bond donors (Lipinski definition) is 1. The zero-order chi connectivity index (χ0) is 22.6. The van der Waals surface area contributed by atoms with E-state index >= 15 is 4.39 Å². The molecule has 0 aromatic carbocycles. The minimum absolute atomic E-state index is 0.0973. The summed E-state index contributed by atoms with van der Waals surface area (Å²) in [5, 5.41) is 11.4. The maximum absolute atomic E-state index is 17.2. The molecule has 4 fully saturated rings. The number of carbonyl (C=O) groups is 2. The lowest BCUT2D eigenvalue weighted by molar-refractivity contribution is -0.247. The largest absolute Gasteiger partial charge is 0.390 e. The zero-order valence-electron chi connectivity index (χ0n) is 18.7. The number of rotatable bonds is 2. The monoisotopic (exact) mass is 454 g/mol. The average molecular weight is 455 g/mol. The molecule has 0 bridgehead atoms. The maximum Gasteiger partial charge on any atom is 0.182 e. The first kappa shape index (κ1) is 22.0. The number of allylic oxidation sites excluding steroid dienone is 2. The predicted molar refractivity (Wildman–Crippen MR) is 112 cm³/mol. The minimum Gasteiger partial charge on any atom is -0.390 e. The Labute approximate surface area is 187 Å². The van der Waals surface area contributed by atoms with E-state index < -0.39 is 46.0 Å². The minimum atomic E-state index is -1.86. The SMILES string of the molecule is CC1(C)OC2CC3C4CC=C5CC(=O)CCC5(C)C4(F)C(O)CC3(C)C2(C(=O)CCl)O1. The summed E-state index contributed by atoms with van der Waals surface area (Å²) >= 11 is 6.04. The van der Waals surface area contributed by atoms with E-state index in [0.29, 0.717) is 25.7 Å². The van der Waals surface area contributed by atoms with Crippen LogP contribution in [0.15, 0.2) is 11.6 Å². The van der Waals surface area contributed by atoms with Gasteiger partial charge in [0, 0.05) is 29.6 Å². The van der Waals surface area contributed by atoms with Gasteiger partial charge in [-0.25, -0.2) is 4.39 Å². The second-order valence-electron chi connectivity index (χ2n) is 11.3. The van der Waals surface area contributed by atoms with Gasteiger partial charge in [-0.1, -0.05) is 25.5 Å². The Balaban J connectivity index is 1.63. The molecule has 5 rings (SSSR count). The van der Waals surface area contributed by atoms with Crippen molar-refractivity contribution in [3.63, 3.8) is 0 Å². The third-order valence-corrected chi connectivity index (χ3v) is 9.79. The lowest BCUT2D eigenvalue weighted by Gasteiger charge is -2.63. The smallest absolute Gasteiger partial charge is 0.182 e. The first-order valence-corrected chi connectivity index (χ1v) is 11.9. The van der Waals surface area contributed by atoms with Crippen molar-refractivity contribution in [2.45, 2.75) is 95.5 Å². The third-order valence-electron chi connectivity index (χ3n) is 9.55. The molecule has 1 heterocycles. The Kier molecular flexibility index (Phi) is 4.54. The molecule has 4 aliphatic carbocycles.